The Morgan fingerprint density at radius 1 is 1.58 bits per heavy atom. The van der Waals surface area contributed by atoms with Crippen molar-refractivity contribution in [3.05, 3.63) is 23.9 Å². The number of aliphatic hydroxyl groups excluding tert-OH is 2. The molecule has 1 aliphatic heterocycles. The summed E-state index contributed by atoms with van der Waals surface area (Å²) >= 11 is 0. The van der Waals surface area contributed by atoms with E-state index in [9.17, 15) is 5.11 Å². The molecule has 0 amide bonds. The fourth-order valence-electron chi connectivity index (χ4n) is 1.21. The van der Waals surface area contributed by atoms with Crippen LogP contribution in [0.5, 0.6) is 0 Å². The lowest BCUT2D eigenvalue weighted by Crippen LogP contribution is -2.39. The first-order valence-corrected chi connectivity index (χ1v) is 4.10. The van der Waals surface area contributed by atoms with Gasteiger partial charge < -0.3 is 15.1 Å². The van der Waals surface area contributed by atoms with Crippen molar-refractivity contribution in [3.63, 3.8) is 0 Å². The summed E-state index contributed by atoms with van der Waals surface area (Å²) in [4.78, 5) is 1.80. The summed E-state index contributed by atoms with van der Waals surface area (Å²) in [6.07, 6.45) is 4.73. The second kappa shape index (κ2) is 3.74. The molecule has 0 aromatic carbocycles. The van der Waals surface area contributed by atoms with E-state index in [-0.39, 0.29) is 12.6 Å². The molecule has 0 aromatic rings. The Labute approximate surface area is 72.6 Å². The van der Waals surface area contributed by atoms with Crippen molar-refractivity contribution in [2.75, 3.05) is 6.61 Å². The molecule has 2 N–H and O–H groups in total. The SMILES string of the molecule is CC(C)N1C=CC=C(CO)C1O. The zero-order valence-electron chi connectivity index (χ0n) is 7.44. The Balaban J connectivity index is 2.74. The fraction of sp³-hybridized carbons (Fsp3) is 0.556. The molecule has 68 valence electrons. The van der Waals surface area contributed by atoms with Gasteiger partial charge in [0, 0.05) is 17.8 Å². The topological polar surface area (TPSA) is 43.7 Å². The molecule has 0 fully saturated rings. The molecular weight excluding hydrogens is 154 g/mol. The van der Waals surface area contributed by atoms with E-state index in [1.54, 1.807) is 11.0 Å². The third-order valence-electron chi connectivity index (χ3n) is 1.96. The van der Waals surface area contributed by atoms with Crippen LogP contribution in [0.2, 0.25) is 0 Å². The summed E-state index contributed by atoms with van der Waals surface area (Å²) in [5.74, 6) is 0. The van der Waals surface area contributed by atoms with Crippen LogP contribution in [-0.4, -0.2) is 34.0 Å². The van der Waals surface area contributed by atoms with Crippen molar-refractivity contribution in [3.8, 4) is 0 Å². The zero-order chi connectivity index (χ0) is 9.14. The summed E-state index contributed by atoms with van der Waals surface area (Å²) in [6, 6.07) is 0.242. The van der Waals surface area contributed by atoms with E-state index in [4.69, 9.17) is 5.11 Å². The Bertz CT molecular complexity index is 209. The quantitative estimate of drug-likeness (QED) is 0.631. The van der Waals surface area contributed by atoms with Crippen LogP contribution in [0.25, 0.3) is 0 Å². The van der Waals surface area contributed by atoms with Gasteiger partial charge >= 0.3 is 0 Å². The van der Waals surface area contributed by atoms with Gasteiger partial charge in [-0.3, -0.25) is 0 Å². The standard InChI is InChI=1S/C9H15NO2/c1-7(2)10-5-3-4-8(6-11)9(10)12/h3-5,7,9,11-12H,6H2,1-2H3. The Hall–Kier alpha value is -0.800. The molecule has 1 rings (SSSR count). The highest BCUT2D eigenvalue weighted by molar-refractivity contribution is 5.21. The predicted molar refractivity (Wildman–Crippen MR) is 47.3 cm³/mol. The highest BCUT2D eigenvalue weighted by atomic mass is 16.3. The maximum Gasteiger partial charge on any atom is 0.151 e. The molecule has 0 aromatic heterocycles. The highest BCUT2D eigenvalue weighted by Gasteiger charge is 2.20. The van der Waals surface area contributed by atoms with Crippen molar-refractivity contribution in [2.45, 2.75) is 26.1 Å². The van der Waals surface area contributed by atoms with Crippen molar-refractivity contribution in [1.29, 1.82) is 0 Å². The van der Waals surface area contributed by atoms with Crippen LogP contribution < -0.4 is 0 Å². The molecule has 0 spiro atoms. The van der Waals surface area contributed by atoms with Crippen molar-refractivity contribution >= 4 is 0 Å². The van der Waals surface area contributed by atoms with E-state index in [0.29, 0.717) is 5.57 Å². The second-order valence-corrected chi connectivity index (χ2v) is 3.16. The molecule has 0 radical (unpaired) electrons. The molecule has 1 atom stereocenters. The average Bonchev–Trinajstić information content (AvgIpc) is 2.04. The molecule has 0 bridgehead atoms. The molecule has 0 saturated carbocycles. The normalized spacial score (nSPS) is 23.2. The fourth-order valence-corrected chi connectivity index (χ4v) is 1.21. The van der Waals surface area contributed by atoms with Gasteiger partial charge in [0.05, 0.1) is 6.61 Å². The minimum Gasteiger partial charge on any atom is -0.392 e. The van der Waals surface area contributed by atoms with Crippen molar-refractivity contribution in [1.82, 2.24) is 4.90 Å². The van der Waals surface area contributed by atoms with Crippen LogP contribution in [0.4, 0.5) is 0 Å². The zero-order valence-corrected chi connectivity index (χ0v) is 7.44. The van der Waals surface area contributed by atoms with Gasteiger partial charge in [0.15, 0.2) is 6.23 Å². The van der Waals surface area contributed by atoms with Crippen LogP contribution in [-0.2, 0) is 0 Å². The van der Waals surface area contributed by atoms with Gasteiger partial charge in [-0.15, -0.1) is 0 Å². The molecular formula is C9H15NO2. The van der Waals surface area contributed by atoms with Gasteiger partial charge in [0.2, 0.25) is 0 Å². The summed E-state index contributed by atoms with van der Waals surface area (Å²) in [5.41, 5.74) is 0.645. The Kier molecular flexibility index (Phi) is 2.89. The van der Waals surface area contributed by atoms with Crippen LogP contribution in [0.15, 0.2) is 23.9 Å². The molecule has 3 nitrogen and oxygen atoms in total. The maximum absolute atomic E-state index is 9.65. The third kappa shape index (κ3) is 1.68. The summed E-state index contributed by atoms with van der Waals surface area (Å²) in [7, 11) is 0. The first-order valence-electron chi connectivity index (χ1n) is 4.10. The summed E-state index contributed by atoms with van der Waals surface area (Å²) < 4.78 is 0. The third-order valence-corrected chi connectivity index (χ3v) is 1.96. The van der Waals surface area contributed by atoms with Crippen LogP contribution in [0.3, 0.4) is 0 Å². The average molecular weight is 169 g/mol. The van der Waals surface area contributed by atoms with Crippen molar-refractivity contribution in [2.24, 2.45) is 0 Å². The lowest BCUT2D eigenvalue weighted by atomic mass is 10.1. The molecule has 1 unspecified atom stereocenters. The summed E-state index contributed by atoms with van der Waals surface area (Å²) in [5, 5.41) is 18.5. The second-order valence-electron chi connectivity index (χ2n) is 3.16. The van der Waals surface area contributed by atoms with Gasteiger partial charge in [-0.1, -0.05) is 6.08 Å². The number of rotatable bonds is 2. The summed E-state index contributed by atoms with van der Waals surface area (Å²) in [6.45, 7) is 3.90. The van der Waals surface area contributed by atoms with E-state index in [2.05, 4.69) is 0 Å². The van der Waals surface area contributed by atoms with Gasteiger partial charge in [0.25, 0.3) is 0 Å². The van der Waals surface area contributed by atoms with Crippen molar-refractivity contribution < 1.29 is 10.2 Å². The molecule has 12 heavy (non-hydrogen) atoms. The van der Waals surface area contributed by atoms with Gasteiger partial charge in [-0.05, 0) is 19.9 Å². The van der Waals surface area contributed by atoms with E-state index < -0.39 is 6.23 Å². The lowest BCUT2D eigenvalue weighted by molar-refractivity contribution is 0.0382. The maximum atomic E-state index is 9.65. The first-order chi connectivity index (χ1) is 5.66. The minimum atomic E-state index is -0.667. The number of nitrogens with zero attached hydrogens (tertiary/aromatic N) is 1. The van der Waals surface area contributed by atoms with E-state index >= 15 is 0 Å². The van der Waals surface area contributed by atoms with E-state index in [0.717, 1.165) is 0 Å². The number of allylic oxidation sites excluding steroid dienone is 2. The first kappa shape index (κ1) is 9.29. The Morgan fingerprint density at radius 3 is 2.75 bits per heavy atom. The van der Waals surface area contributed by atoms with E-state index in [1.807, 2.05) is 26.1 Å². The van der Waals surface area contributed by atoms with Crippen LogP contribution in [0.1, 0.15) is 13.8 Å². The minimum absolute atomic E-state index is 0.0886. The Morgan fingerprint density at radius 2 is 2.25 bits per heavy atom. The number of hydrogen-bond acceptors (Lipinski definition) is 3. The number of hydrogen-bond donors (Lipinski definition) is 2. The van der Waals surface area contributed by atoms with Gasteiger partial charge in [-0.2, -0.15) is 0 Å². The van der Waals surface area contributed by atoms with Gasteiger partial charge in [-0.25, -0.2) is 0 Å². The van der Waals surface area contributed by atoms with E-state index in [1.165, 1.54) is 0 Å². The smallest absolute Gasteiger partial charge is 0.151 e. The molecule has 0 saturated heterocycles. The van der Waals surface area contributed by atoms with Gasteiger partial charge in [0.1, 0.15) is 0 Å². The largest absolute Gasteiger partial charge is 0.392 e. The number of aliphatic hydroxyl groups is 2. The molecule has 1 aliphatic rings. The van der Waals surface area contributed by atoms with Crippen LogP contribution >= 0.6 is 0 Å². The van der Waals surface area contributed by atoms with Crippen LogP contribution in [0, 0.1) is 0 Å². The monoisotopic (exact) mass is 169 g/mol. The molecule has 3 heteroatoms. The highest BCUT2D eigenvalue weighted by Crippen LogP contribution is 2.16. The molecule has 1 heterocycles. The molecule has 0 aliphatic carbocycles. The predicted octanol–water partition coefficient (Wildman–Crippen LogP) is 0.461. The lowest BCUT2D eigenvalue weighted by Gasteiger charge is -2.33.